The zero-order valence-corrected chi connectivity index (χ0v) is 18.8. The number of carbonyl (C=O) groups is 1. The summed E-state index contributed by atoms with van der Waals surface area (Å²) < 4.78 is 24.3. The van der Waals surface area contributed by atoms with Gasteiger partial charge < -0.3 is 14.6 Å². The molecule has 0 saturated carbocycles. The molecule has 1 N–H and O–H groups in total. The van der Waals surface area contributed by atoms with E-state index in [2.05, 4.69) is 15.5 Å². The number of thioether (sulfide) groups is 1. The number of rotatable bonds is 7. The molecule has 2 amide bonds. The molecule has 7 nitrogen and oxygen atoms in total. The number of methoxy groups -OCH3 is 1. The van der Waals surface area contributed by atoms with Gasteiger partial charge in [0.15, 0.2) is 0 Å². The summed E-state index contributed by atoms with van der Waals surface area (Å²) >= 11 is 1.65. The molecule has 1 aromatic heterocycles. The predicted molar refractivity (Wildman–Crippen MR) is 120 cm³/mol. The van der Waals surface area contributed by atoms with Gasteiger partial charge in [0.2, 0.25) is 5.82 Å². The number of amides is 2. The first-order valence-corrected chi connectivity index (χ1v) is 11.3. The monoisotopic (exact) mass is 454 g/mol. The third-order valence-electron chi connectivity index (χ3n) is 5.32. The van der Waals surface area contributed by atoms with Crippen LogP contribution in [0.3, 0.4) is 0 Å². The van der Waals surface area contributed by atoms with Crippen molar-refractivity contribution in [2.24, 2.45) is 0 Å². The molecule has 32 heavy (non-hydrogen) atoms. The van der Waals surface area contributed by atoms with Gasteiger partial charge in [-0.2, -0.15) is 4.98 Å². The van der Waals surface area contributed by atoms with Crippen LogP contribution >= 0.6 is 11.8 Å². The number of nitrogens with one attached hydrogen (secondary N) is 1. The van der Waals surface area contributed by atoms with E-state index in [9.17, 15) is 9.18 Å². The molecule has 2 heterocycles. The fourth-order valence-corrected chi connectivity index (χ4v) is 4.01. The van der Waals surface area contributed by atoms with Crippen LogP contribution in [-0.4, -0.2) is 47.6 Å². The van der Waals surface area contributed by atoms with Crippen LogP contribution in [0.1, 0.15) is 24.4 Å². The first-order chi connectivity index (χ1) is 15.5. The zero-order valence-electron chi connectivity index (χ0n) is 18.0. The first-order valence-electron chi connectivity index (χ1n) is 10.0. The third-order valence-corrected chi connectivity index (χ3v) is 6.07. The molecular formula is C23H23FN4O3S. The zero-order chi connectivity index (χ0) is 22.7. The minimum atomic E-state index is -0.561. The maximum absolute atomic E-state index is 13.5. The van der Waals surface area contributed by atoms with Crippen LogP contribution < -0.4 is 5.32 Å². The van der Waals surface area contributed by atoms with Crippen LogP contribution in [0.25, 0.3) is 17.0 Å². The molecule has 0 radical (unpaired) electrons. The van der Waals surface area contributed by atoms with Crippen molar-refractivity contribution in [2.45, 2.75) is 17.9 Å². The summed E-state index contributed by atoms with van der Waals surface area (Å²) in [4.78, 5) is 20.1. The van der Waals surface area contributed by atoms with E-state index in [1.165, 1.54) is 12.1 Å². The summed E-state index contributed by atoms with van der Waals surface area (Å²) in [6.07, 6.45) is 2.01. The van der Waals surface area contributed by atoms with Crippen LogP contribution in [0, 0.1) is 5.82 Å². The topological polar surface area (TPSA) is 80.5 Å². The Labute approximate surface area is 189 Å². The second-order valence-electron chi connectivity index (χ2n) is 7.23. The normalized spacial score (nSPS) is 16.4. The van der Waals surface area contributed by atoms with Crippen LogP contribution in [0.5, 0.6) is 0 Å². The molecule has 1 aliphatic heterocycles. The molecule has 166 valence electrons. The average Bonchev–Trinajstić information content (AvgIpc) is 3.29. The minimum absolute atomic E-state index is 0.273. The fraction of sp³-hybridized carbons (Fsp3) is 0.261. The number of aromatic nitrogens is 2. The number of hydrogen-bond donors (Lipinski definition) is 1. The molecule has 0 bridgehead atoms. The van der Waals surface area contributed by atoms with Gasteiger partial charge in [0.05, 0.1) is 24.8 Å². The van der Waals surface area contributed by atoms with Crippen molar-refractivity contribution in [2.75, 3.05) is 26.5 Å². The van der Waals surface area contributed by atoms with Gasteiger partial charge >= 0.3 is 6.03 Å². The van der Waals surface area contributed by atoms with Gasteiger partial charge in [0, 0.05) is 23.3 Å². The van der Waals surface area contributed by atoms with E-state index in [1.807, 2.05) is 37.4 Å². The SMILES string of the molecule is COCCN1C(=O)NC(c2ccc(F)cc2)C(c2nc(-c3ccc(SC)cc3)no2)=C1C. The van der Waals surface area contributed by atoms with E-state index in [0.717, 1.165) is 10.5 Å². The number of allylic oxidation sites excluding steroid dienone is 1. The van der Waals surface area contributed by atoms with Crippen molar-refractivity contribution in [1.29, 1.82) is 0 Å². The highest BCUT2D eigenvalue weighted by Gasteiger charge is 2.35. The number of benzene rings is 2. The van der Waals surface area contributed by atoms with Crippen molar-refractivity contribution in [1.82, 2.24) is 20.4 Å². The first kappa shape index (κ1) is 22.0. The van der Waals surface area contributed by atoms with Crippen LogP contribution in [-0.2, 0) is 4.74 Å². The quantitative estimate of drug-likeness (QED) is 0.520. The second-order valence-corrected chi connectivity index (χ2v) is 8.11. The van der Waals surface area contributed by atoms with Gasteiger partial charge in [-0.05, 0) is 55.1 Å². The molecular weight excluding hydrogens is 431 g/mol. The Bertz CT molecular complexity index is 1130. The molecule has 1 unspecified atom stereocenters. The highest BCUT2D eigenvalue weighted by Crippen LogP contribution is 2.37. The van der Waals surface area contributed by atoms with Crippen molar-refractivity contribution in [3.8, 4) is 11.4 Å². The molecule has 0 spiro atoms. The van der Waals surface area contributed by atoms with Crippen molar-refractivity contribution in [3.63, 3.8) is 0 Å². The van der Waals surface area contributed by atoms with Crippen molar-refractivity contribution >= 4 is 23.4 Å². The van der Waals surface area contributed by atoms with Gasteiger partial charge in [-0.15, -0.1) is 11.8 Å². The lowest BCUT2D eigenvalue weighted by Gasteiger charge is -2.35. The number of ether oxygens (including phenoxy) is 1. The predicted octanol–water partition coefficient (Wildman–Crippen LogP) is 4.74. The van der Waals surface area contributed by atoms with E-state index in [4.69, 9.17) is 9.26 Å². The Morgan fingerprint density at radius 2 is 1.91 bits per heavy atom. The summed E-state index contributed by atoms with van der Waals surface area (Å²) in [6, 6.07) is 13.0. The van der Waals surface area contributed by atoms with E-state index in [-0.39, 0.29) is 11.8 Å². The number of hydrogen-bond acceptors (Lipinski definition) is 6. The lowest BCUT2D eigenvalue weighted by molar-refractivity contribution is 0.158. The molecule has 0 aliphatic carbocycles. The summed E-state index contributed by atoms with van der Waals surface area (Å²) in [5, 5.41) is 7.13. The lowest BCUT2D eigenvalue weighted by Crippen LogP contribution is -2.47. The highest BCUT2D eigenvalue weighted by molar-refractivity contribution is 7.98. The van der Waals surface area contributed by atoms with Gasteiger partial charge in [-0.3, -0.25) is 4.90 Å². The summed E-state index contributed by atoms with van der Waals surface area (Å²) in [6.45, 7) is 2.57. The molecule has 0 saturated heterocycles. The number of urea groups is 1. The standard InChI is InChI=1S/C23H23FN4O3S/c1-14-19(22-26-21(27-31-22)16-6-10-18(32-3)11-7-16)20(15-4-8-17(24)9-5-15)25-23(29)28(14)12-13-30-2/h4-11,20H,12-13H2,1-3H3,(H,25,29). The Balaban J connectivity index is 1.76. The molecule has 2 aromatic carbocycles. The average molecular weight is 455 g/mol. The van der Waals surface area contributed by atoms with Crippen molar-refractivity contribution < 1.29 is 18.4 Å². The van der Waals surface area contributed by atoms with Gasteiger partial charge in [-0.1, -0.05) is 17.3 Å². The second kappa shape index (κ2) is 9.54. The number of carbonyl (C=O) groups excluding carboxylic acids is 1. The van der Waals surface area contributed by atoms with E-state index >= 15 is 0 Å². The summed E-state index contributed by atoms with van der Waals surface area (Å²) in [5.41, 5.74) is 2.87. The summed E-state index contributed by atoms with van der Waals surface area (Å²) in [7, 11) is 1.58. The summed E-state index contributed by atoms with van der Waals surface area (Å²) in [5.74, 6) is 0.392. The Morgan fingerprint density at radius 3 is 2.56 bits per heavy atom. The maximum Gasteiger partial charge on any atom is 0.322 e. The van der Waals surface area contributed by atoms with E-state index in [0.29, 0.717) is 41.7 Å². The molecule has 4 rings (SSSR count). The molecule has 0 fully saturated rings. The van der Waals surface area contributed by atoms with Gasteiger partial charge in [-0.25, -0.2) is 9.18 Å². The number of halogens is 1. The fourth-order valence-electron chi connectivity index (χ4n) is 3.61. The Hall–Kier alpha value is -3.17. The Morgan fingerprint density at radius 1 is 1.19 bits per heavy atom. The molecule has 1 aliphatic rings. The highest BCUT2D eigenvalue weighted by atomic mass is 32.2. The van der Waals surface area contributed by atoms with Crippen LogP contribution in [0.4, 0.5) is 9.18 Å². The van der Waals surface area contributed by atoms with Crippen LogP contribution in [0.15, 0.2) is 63.6 Å². The third kappa shape index (κ3) is 4.39. The minimum Gasteiger partial charge on any atom is -0.383 e. The smallest absolute Gasteiger partial charge is 0.322 e. The molecule has 1 atom stereocenters. The molecule has 3 aromatic rings. The van der Waals surface area contributed by atoms with Gasteiger partial charge in [0.25, 0.3) is 5.89 Å². The number of nitrogens with zero attached hydrogens (tertiary/aromatic N) is 3. The molecule has 9 heteroatoms. The lowest BCUT2D eigenvalue weighted by atomic mass is 9.94. The van der Waals surface area contributed by atoms with E-state index < -0.39 is 6.04 Å². The van der Waals surface area contributed by atoms with E-state index in [1.54, 1.807) is 35.9 Å². The van der Waals surface area contributed by atoms with Crippen LogP contribution in [0.2, 0.25) is 0 Å². The Kier molecular flexibility index (Phi) is 6.57. The van der Waals surface area contributed by atoms with Gasteiger partial charge in [0.1, 0.15) is 5.82 Å². The largest absolute Gasteiger partial charge is 0.383 e. The maximum atomic E-state index is 13.5. The van der Waals surface area contributed by atoms with Crippen molar-refractivity contribution in [3.05, 3.63) is 71.5 Å².